The van der Waals surface area contributed by atoms with Gasteiger partial charge in [-0.25, -0.2) is 4.79 Å². The summed E-state index contributed by atoms with van der Waals surface area (Å²) in [5, 5.41) is 0. The van der Waals surface area contributed by atoms with Crippen molar-refractivity contribution in [1.82, 2.24) is 14.5 Å². The fraction of sp³-hybridized carbons (Fsp3) is 0.375. The van der Waals surface area contributed by atoms with Gasteiger partial charge in [-0.1, -0.05) is 12.1 Å². The lowest BCUT2D eigenvalue weighted by atomic mass is 10.0. The van der Waals surface area contributed by atoms with Crippen LogP contribution in [0.5, 0.6) is 5.75 Å². The summed E-state index contributed by atoms with van der Waals surface area (Å²) >= 11 is 0. The van der Waals surface area contributed by atoms with Crippen molar-refractivity contribution < 1.29 is 14.3 Å². The Morgan fingerprint density at radius 1 is 1.03 bits per heavy atom. The first-order valence-corrected chi connectivity index (χ1v) is 10.8. The number of imidazole rings is 1. The van der Waals surface area contributed by atoms with E-state index in [1.165, 1.54) is 0 Å². The second kappa shape index (κ2) is 9.20. The largest absolute Gasteiger partial charge is 0.494 e. The van der Waals surface area contributed by atoms with Gasteiger partial charge in [-0.2, -0.15) is 0 Å². The summed E-state index contributed by atoms with van der Waals surface area (Å²) in [4.78, 5) is 42.2. The minimum atomic E-state index is -0.105. The van der Waals surface area contributed by atoms with Crippen molar-refractivity contribution >= 4 is 22.7 Å². The normalized spacial score (nSPS) is 14.7. The molecular formula is C24H27N3O4. The van der Waals surface area contributed by atoms with Crippen LogP contribution in [0.1, 0.15) is 49.0 Å². The van der Waals surface area contributed by atoms with E-state index in [9.17, 15) is 14.4 Å². The molecule has 4 rings (SSSR count). The highest BCUT2D eigenvalue weighted by molar-refractivity contribution is 5.98. The maximum absolute atomic E-state index is 12.6. The number of H-pyrrole nitrogens is 1. The Balaban J connectivity index is 1.30. The second-order valence-corrected chi connectivity index (χ2v) is 7.81. The lowest BCUT2D eigenvalue weighted by Gasteiger charge is -2.32. The average Bonchev–Trinajstić information content (AvgIpc) is 3.13. The number of ether oxygens (including phenoxy) is 1. The molecule has 1 aliphatic rings. The average molecular weight is 421 g/mol. The van der Waals surface area contributed by atoms with E-state index in [1.807, 2.05) is 40.7 Å². The van der Waals surface area contributed by atoms with Gasteiger partial charge in [0.15, 0.2) is 5.78 Å². The van der Waals surface area contributed by atoms with Crippen molar-refractivity contribution in [3.8, 4) is 5.75 Å². The topological polar surface area (TPSA) is 84.4 Å². The minimum absolute atomic E-state index is 0.0102. The van der Waals surface area contributed by atoms with E-state index in [2.05, 4.69) is 4.98 Å². The molecule has 3 aromatic rings. The SMILES string of the molecule is CCOc1ccc(C(=O)CCC(=O)N2CCC(n3c(=O)[nH]c4ccccc43)CC2)cc1. The summed E-state index contributed by atoms with van der Waals surface area (Å²) in [5.74, 6) is 0.674. The Labute approximate surface area is 180 Å². The van der Waals surface area contributed by atoms with Crippen LogP contribution in [0.2, 0.25) is 0 Å². The van der Waals surface area contributed by atoms with E-state index < -0.39 is 0 Å². The predicted molar refractivity (Wildman–Crippen MR) is 119 cm³/mol. The zero-order valence-electron chi connectivity index (χ0n) is 17.7. The number of nitrogens with zero attached hydrogens (tertiary/aromatic N) is 2. The number of carbonyl (C=O) groups excluding carboxylic acids is 2. The zero-order valence-corrected chi connectivity index (χ0v) is 17.7. The van der Waals surface area contributed by atoms with Gasteiger partial charge in [-0.3, -0.25) is 14.2 Å². The van der Waals surface area contributed by atoms with Crippen LogP contribution in [0.15, 0.2) is 53.3 Å². The molecule has 0 unspecified atom stereocenters. The molecule has 1 fully saturated rings. The Hall–Kier alpha value is -3.35. The van der Waals surface area contributed by atoms with Crippen molar-refractivity contribution in [3.05, 3.63) is 64.6 Å². The Bertz CT molecular complexity index is 1120. The molecule has 0 bridgehead atoms. The van der Waals surface area contributed by atoms with Crippen LogP contribution in [0.4, 0.5) is 0 Å². The molecular weight excluding hydrogens is 394 g/mol. The molecule has 31 heavy (non-hydrogen) atoms. The van der Waals surface area contributed by atoms with Crippen molar-refractivity contribution in [1.29, 1.82) is 0 Å². The first-order chi connectivity index (χ1) is 15.1. The Morgan fingerprint density at radius 2 is 1.74 bits per heavy atom. The highest BCUT2D eigenvalue weighted by atomic mass is 16.5. The van der Waals surface area contributed by atoms with Gasteiger partial charge in [0.1, 0.15) is 5.75 Å². The minimum Gasteiger partial charge on any atom is -0.494 e. The number of rotatable bonds is 7. The number of carbonyl (C=O) groups is 2. The number of aromatic nitrogens is 2. The van der Waals surface area contributed by atoms with E-state index >= 15 is 0 Å². The molecule has 2 aromatic carbocycles. The fourth-order valence-electron chi connectivity index (χ4n) is 4.24. The van der Waals surface area contributed by atoms with Crippen molar-refractivity contribution in [3.63, 3.8) is 0 Å². The summed E-state index contributed by atoms with van der Waals surface area (Å²) in [7, 11) is 0. The number of ketones is 1. The van der Waals surface area contributed by atoms with Gasteiger partial charge < -0.3 is 14.6 Å². The maximum atomic E-state index is 12.6. The van der Waals surface area contributed by atoms with Gasteiger partial charge in [-0.05, 0) is 56.2 Å². The van der Waals surface area contributed by atoms with Gasteiger partial charge in [0.05, 0.1) is 17.6 Å². The number of hydrogen-bond donors (Lipinski definition) is 1. The standard InChI is InChI=1S/C24H27N3O4/c1-2-31-19-9-7-17(8-10-19)22(28)11-12-23(29)26-15-13-18(14-16-26)27-21-6-4-3-5-20(21)25-24(27)30/h3-10,18H,2,11-16H2,1H3,(H,25,30). The first kappa shape index (κ1) is 20.9. The second-order valence-electron chi connectivity index (χ2n) is 7.81. The van der Waals surface area contributed by atoms with Gasteiger partial charge in [-0.15, -0.1) is 0 Å². The molecule has 1 aliphatic heterocycles. The van der Waals surface area contributed by atoms with Gasteiger partial charge >= 0.3 is 5.69 Å². The molecule has 1 N–H and O–H groups in total. The third-order valence-corrected chi connectivity index (χ3v) is 5.86. The molecule has 0 radical (unpaired) electrons. The monoisotopic (exact) mass is 421 g/mol. The summed E-state index contributed by atoms with van der Waals surface area (Å²) in [6, 6.07) is 14.8. The highest BCUT2D eigenvalue weighted by Gasteiger charge is 2.26. The molecule has 0 atom stereocenters. The number of aromatic amines is 1. The van der Waals surface area contributed by atoms with Gasteiger partial charge in [0.25, 0.3) is 0 Å². The van der Waals surface area contributed by atoms with E-state index in [4.69, 9.17) is 4.74 Å². The number of nitrogens with one attached hydrogen (secondary N) is 1. The molecule has 162 valence electrons. The first-order valence-electron chi connectivity index (χ1n) is 10.8. The molecule has 2 heterocycles. The lowest BCUT2D eigenvalue weighted by molar-refractivity contribution is -0.132. The summed E-state index contributed by atoms with van der Waals surface area (Å²) in [6.07, 6.45) is 1.83. The number of amides is 1. The summed E-state index contributed by atoms with van der Waals surface area (Å²) < 4.78 is 7.20. The van der Waals surface area contributed by atoms with Crippen LogP contribution in [0.3, 0.4) is 0 Å². The van der Waals surface area contributed by atoms with E-state index in [0.29, 0.717) is 25.3 Å². The number of Topliss-reactive ketones (excluding diaryl/α,β-unsaturated/α-hetero) is 1. The van der Waals surface area contributed by atoms with Crippen LogP contribution in [0, 0.1) is 0 Å². The highest BCUT2D eigenvalue weighted by Crippen LogP contribution is 2.25. The number of piperidine rings is 1. The van der Waals surface area contributed by atoms with Crippen LogP contribution < -0.4 is 10.4 Å². The maximum Gasteiger partial charge on any atom is 0.326 e. The predicted octanol–water partition coefficient (Wildman–Crippen LogP) is 3.55. The molecule has 1 aromatic heterocycles. The number of benzene rings is 2. The molecule has 7 nitrogen and oxygen atoms in total. The summed E-state index contributed by atoms with van der Waals surface area (Å²) in [5.41, 5.74) is 2.22. The van der Waals surface area contributed by atoms with Crippen LogP contribution in [-0.2, 0) is 4.79 Å². The fourth-order valence-corrected chi connectivity index (χ4v) is 4.24. The van der Waals surface area contributed by atoms with E-state index in [-0.39, 0.29) is 36.3 Å². The van der Waals surface area contributed by atoms with Crippen LogP contribution in [-0.4, -0.2) is 45.8 Å². The Kier molecular flexibility index (Phi) is 6.21. The molecule has 1 saturated heterocycles. The summed E-state index contributed by atoms with van der Waals surface area (Å²) in [6.45, 7) is 3.67. The molecule has 0 spiro atoms. The van der Waals surface area contributed by atoms with Crippen LogP contribution in [0.25, 0.3) is 11.0 Å². The van der Waals surface area contributed by atoms with Crippen molar-refractivity contribution in [2.75, 3.05) is 19.7 Å². The smallest absolute Gasteiger partial charge is 0.326 e. The van der Waals surface area contributed by atoms with E-state index in [0.717, 1.165) is 29.6 Å². The molecule has 7 heteroatoms. The third-order valence-electron chi connectivity index (χ3n) is 5.86. The van der Waals surface area contributed by atoms with Gasteiger partial charge in [0, 0.05) is 37.5 Å². The van der Waals surface area contributed by atoms with E-state index in [1.54, 1.807) is 24.3 Å². The Morgan fingerprint density at radius 3 is 2.45 bits per heavy atom. The number of hydrogen-bond acceptors (Lipinski definition) is 4. The number of likely N-dealkylation sites (tertiary alicyclic amines) is 1. The molecule has 0 aliphatic carbocycles. The number of fused-ring (bicyclic) bond motifs is 1. The number of para-hydroxylation sites is 2. The van der Waals surface area contributed by atoms with Crippen molar-refractivity contribution in [2.24, 2.45) is 0 Å². The molecule has 0 saturated carbocycles. The molecule has 1 amide bonds. The lowest BCUT2D eigenvalue weighted by Crippen LogP contribution is -2.40. The van der Waals surface area contributed by atoms with Crippen LogP contribution >= 0.6 is 0 Å². The third kappa shape index (κ3) is 4.55. The zero-order chi connectivity index (χ0) is 21.8. The van der Waals surface area contributed by atoms with Gasteiger partial charge in [0.2, 0.25) is 5.91 Å². The quantitative estimate of drug-likeness (QED) is 0.591. The van der Waals surface area contributed by atoms with Crippen molar-refractivity contribution in [2.45, 2.75) is 38.6 Å².